The predicted molar refractivity (Wildman–Crippen MR) is 85.6 cm³/mol. The fraction of sp³-hybridized carbons (Fsp3) is 0.438. The lowest BCUT2D eigenvalue weighted by molar-refractivity contribution is -0.119. The van der Waals surface area contributed by atoms with Crippen LogP contribution < -0.4 is 21.7 Å². The van der Waals surface area contributed by atoms with E-state index in [2.05, 4.69) is 47.1 Å². The van der Waals surface area contributed by atoms with Crippen molar-refractivity contribution in [3.05, 3.63) is 41.8 Å². The molecule has 0 aliphatic carbocycles. The lowest BCUT2D eigenvalue weighted by Gasteiger charge is -2.13. The van der Waals surface area contributed by atoms with Crippen molar-refractivity contribution in [2.75, 3.05) is 18.5 Å². The van der Waals surface area contributed by atoms with Crippen LogP contribution in [0, 0.1) is 0 Å². The second-order valence-corrected chi connectivity index (χ2v) is 5.38. The van der Waals surface area contributed by atoms with Gasteiger partial charge in [-0.05, 0) is 36.6 Å². The van der Waals surface area contributed by atoms with E-state index in [9.17, 15) is 4.79 Å². The maximum Gasteiger partial charge on any atom is 0.134 e. The molecule has 5 nitrogen and oxygen atoms in total. The second kappa shape index (κ2) is 7.69. The maximum absolute atomic E-state index is 11.5. The summed E-state index contributed by atoms with van der Waals surface area (Å²) in [4.78, 5) is 11.5. The van der Waals surface area contributed by atoms with Crippen LogP contribution in [0.25, 0.3) is 0 Å². The lowest BCUT2D eigenvalue weighted by atomic mass is 9.94. The molecule has 0 spiro atoms. The van der Waals surface area contributed by atoms with Gasteiger partial charge in [0, 0.05) is 24.7 Å². The number of rotatable bonds is 8. The third-order valence-corrected chi connectivity index (χ3v) is 3.67. The average Bonchev–Trinajstić information content (AvgIpc) is 2.99. The average molecular weight is 288 g/mol. The number of benzene rings is 1. The smallest absolute Gasteiger partial charge is 0.134 e. The van der Waals surface area contributed by atoms with Crippen LogP contribution in [0.15, 0.2) is 36.3 Å². The van der Waals surface area contributed by atoms with Crippen molar-refractivity contribution in [2.24, 2.45) is 5.73 Å². The minimum atomic E-state index is 0.259. The standard InChI is InChI=1S/C16H24N4O/c1-12(2-7-15(21)8-9-17)13-3-5-14(6-4-13)20-16-10-18-11-19-16/h3-6,10,12,18-20H,2,7-9,11,17H2,1H3/t12-/m1/s1. The first-order valence-corrected chi connectivity index (χ1v) is 7.45. The first-order valence-electron chi connectivity index (χ1n) is 7.45. The quantitative estimate of drug-likeness (QED) is 0.587. The minimum Gasteiger partial charge on any atom is -0.371 e. The molecule has 0 saturated heterocycles. The molecule has 0 aromatic heterocycles. The van der Waals surface area contributed by atoms with Crippen molar-refractivity contribution < 1.29 is 4.79 Å². The molecule has 1 aromatic carbocycles. The van der Waals surface area contributed by atoms with Gasteiger partial charge in [-0.25, -0.2) is 0 Å². The van der Waals surface area contributed by atoms with E-state index in [1.54, 1.807) is 0 Å². The molecule has 0 amide bonds. The van der Waals surface area contributed by atoms with Gasteiger partial charge in [0.05, 0.1) is 6.67 Å². The molecule has 1 aliphatic rings. The van der Waals surface area contributed by atoms with Crippen LogP contribution in [0.1, 0.15) is 37.7 Å². The first-order chi connectivity index (χ1) is 10.2. The Labute approximate surface area is 126 Å². The topological polar surface area (TPSA) is 79.2 Å². The van der Waals surface area contributed by atoms with E-state index in [1.165, 1.54) is 5.56 Å². The van der Waals surface area contributed by atoms with E-state index in [0.29, 0.717) is 25.3 Å². The van der Waals surface area contributed by atoms with E-state index in [-0.39, 0.29) is 5.78 Å². The summed E-state index contributed by atoms with van der Waals surface area (Å²) in [5.41, 5.74) is 7.69. The van der Waals surface area contributed by atoms with Crippen molar-refractivity contribution in [1.29, 1.82) is 0 Å². The molecule has 5 N–H and O–H groups in total. The van der Waals surface area contributed by atoms with Crippen molar-refractivity contribution in [3.63, 3.8) is 0 Å². The van der Waals surface area contributed by atoms with Crippen LogP contribution >= 0.6 is 0 Å². The number of carbonyl (C=O) groups is 1. The third kappa shape index (κ3) is 4.79. The number of hydrogen-bond donors (Lipinski definition) is 4. The zero-order chi connectivity index (χ0) is 15.1. The van der Waals surface area contributed by atoms with E-state index < -0.39 is 0 Å². The van der Waals surface area contributed by atoms with Crippen LogP contribution in [0.3, 0.4) is 0 Å². The summed E-state index contributed by atoms with van der Waals surface area (Å²) in [7, 11) is 0. The van der Waals surface area contributed by atoms with Gasteiger partial charge in [0.2, 0.25) is 0 Å². The number of Topliss-reactive ketones (excluding diaryl/α,β-unsaturated/α-hetero) is 1. The molecular formula is C16H24N4O. The number of nitrogens with one attached hydrogen (secondary N) is 3. The molecule has 1 aromatic rings. The SMILES string of the molecule is C[C@H](CCC(=O)CCN)c1ccc(NC2=CNCN2)cc1. The summed E-state index contributed by atoms with van der Waals surface area (Å²) >= 11 is 0. The molecule has 5 heteroatoms. The number of hydrogen-bond acceptors (Lipinski definition) is 5. The predicted octanol–water partition coefficient (Wildman–Crippen LogP) is 1.85. The molecule has 0 unspecified atom stereocenters. The number of ketones is 1. The summed E-state index contributed by atoms with van der Waals surface area (Å²) in [6.07, 6.45) is 3.90. The zero-order valence-electron chi connectivity index (χ0n) is 12.5. The van der Waals surface area contributed by atoms with Crippen LogP contribution in [0.5, 0.6) is 0 Å². The van der Waals surface area contributed by atoms with Gasteiger partial charge in [-0.3, -0.25) is 4.79 Å². The molecule has 0 saturated carbocycles. The molecule has 1 atom stereocenters. The van der Waals surface area contributed by atoms with Crippen LogP contribution in [-0.4, -0.2) is 19.0 Å². The fourth-order valence-corrected chi connectivity index (χ4v) is 2.31. The number of carbonyl (C=O) groups excluding carboxylic acids is 1. The minimum absolute atomic E-state index is 0.259. The molecule has 1 aliphatic heterocycles. The molecule has 21 heavy (non-hydrogen) atoms. The molecule has 0 fully saturated rings. The Morgan fingerprint density at radius 3 is 2.71 bits per heavy atom. The Morgan fingerprint density at radius 2 is 2.10 bits per heavy atom. The molecule has 2 rings (SSSR count). The summed E-state index contributed by atoms with van der Waals surface area (Å²) in [5, 5.41) is 9.56. The summed E-state index contributed by atoms with van der Waals surface area (Å²) in [6, 6.07) is 8.36. The largest absolute Gasteiger partial charge is 0.371 e. The Morgan fingerprint density at radius 1 is 1.33 bits per heavy atom. The van der Waals surface area contributed by atoms with Crippen molar-refractivity contribution >= 4 is 11.5 Å². The van der Waals surface area contributed by atoms with Gasteiger partial charge in [-0.2, -0.15) is 0 Å². The monoisotopic (exact) mass is 288 g/mol. The van der Waals surface area contributed by atoms with Gasteiger partial charge in [0.25, 0.3) is 0 Å². The van der Waals surface area contributed by atoms with Gasteiger partial charge in [-0.1, -0.05) is 19.1 Å². The third-order valence-electron chi connectivity index (χ3n) is 3.67. The van der Waals surface area contributed by atoms with Gasteiger partial charge < -0.3 is 21.7 Å². The highest BCUT2D eigenvalue weighted by molar-refractivity contribution is 5.78. The summed E-state index contributed by atoms with van der Waals surface area (Å²) < 4.78 is 0. The van der Waals surface area contributed by atoms with Crippen LogP contribution in [0.2, 0.25) is 0 Å². The van der Waals surface area contributed by atoms with Gasteiger partial charge in [-0.15, -0.1) is 0 Å². The van der Waals surface area contributed by atoms with Gasteiger partial charge >= 0.3 is 0 Å². The van der Waals surface area contributed by atoms with Crippen molar-refractivity contribution in [2.45, 2.75) is 32.1 Å². The maximum atomic E-state index is 11.5. The number of anilines is 1. The van der Waals surface area contributed by atoms with E-state index >= 15 is 0 Å². The highest BCUT2D eigenvalue weighted by Crippen LogP contribution is 2.23. The van der Waals surface area contributed by atoms with Gasteiger partial charge in [0.1, 0.15) is 11.6 Å². The fourth-order valence-electron chi connectivity index (χ4n) is 2.31. The first kappa shape index (κ1) is 15.4. The highest BCUT2D eigenvalue weighted by atomic mass is 16.1. The zero-order valence-corrected chi connectivity index (χ0v) is 12.5. The molecule has 114 valence electrons. The lowest BCUT2D eigenvalue weighted by Crippen LogP contribution is -2.17. The summed E-state index contributed by atoms with van der Waals surface area (Å²) in [5.74, 6) is 1.61. The molecule has 0 bridgehead atoms. The van der Waals surface area contributed by atoms with Crippen LogP contribution in [0.4, 0.5) is 5.69 Å². The van der Waals surface area contributed by atoms with E-state index in [0.717, 1.165) is 24.6 Å². The van der Waals surface area contributed by atoms with E-state index in [1.807, 2.05) is 6.20 Å². The van der Waals surface area contributed by atoms with Crippen molar-refractivity contribution in [1.82, 2.24) is 10.6 Å². The number of nitrogens with two attached hydrogens (primary N) is 1. The molecule has 1 heterocycles. The Kier molecular flexibility index (Phi) is 5.63. The molecule has 0 radical (unpaired) electrons. The Hall–Kier alpha value is -2.01. The van der Waals surface area contributed by atoms with Crippen LogP contribution in [-0.2, 0) is 4.79 Å². The van der Waals surface area contributed by atoms with Crippen molar-refractivity contribution in [3.8, 4) is 0 Å². The molecular weight excluding hydrogens is 264 g/mol. The summed E-state index contributed by atoms with van der Waals surface area (Å²) in [6.45, 7) is 3.36. The van der Waals surface area contributed by atoms with E-state index in [4.69, 9.17) is 5.73 Å². The highest BCUT2D eigenvalue weighted by Gasteiger charge is 2.09. The van der Waals surface area contributed by atoms with Gasteiger partial charge in [0.15, 0.2) is 0 Å². The normalized spacial score (nSPS) is 14.9. The second-order valence-electron chi connectivity index (χ2n) is 5.38. The Bertz CT molecular complexity index is 496. The Balaban J connectivity index is 1.84.